The number of pyridine rings is 1. The number of fused-ring (bicyclic) bond motifs is 1. The van der Waals surface area contributed by atoms with Gasteiger partial charge in [0.2, 0.25) is 0 Å². The number of nitrogens with zero attached hydrogens (tertiary/aromatic N) is 5. The van der Waals surface area contributed by atoms with Crippen LogP contribution in [0.2, 0.25) is 0 Å². The van der Waals surface area contributed by atoms with Gasteiger partial charge in [0.05, 0.1) is 11.6 Å². The third-order valence-corrected chi connectivity index (χ3v) is 6.69. The van der Waals surface area contributed by atoms with E-state index >= 15 is 0 Å². The van der Waals surface area contributed by atoms with Crippen molar-refractivity contribution >= 4 is 10.9 Å². The van der Waals surface area contributed by atoms with E-state index in [0.29, 0.717) is 13.1 Å². The second-order valence-corrected chi connectivity index (χ2v) is 11.4. The molecule has 2 aromatic carbocycles. The fourth-order valence-corrected chi connectivity index (χ4v) is 4.97. The van der Waals surface area contributed by atoms with Crippen molar-refractivity contribution in [3.05, 3.63) is 86.5 Å². The molecule has 36 heavy (non-hydrogen) atoms. The molecule has 0 fully saturated rings. The van der Waals surface area contributed by atoms with Crippen LogP contribution >= 0.6 is 0 Å². The number of aromatic amines is 1. The predicted molar refractivity (Wildman–Crippen MR) is 145 cm³/mol. The number of rotatable bonds is 7. The van der Waals surface area contributed by atoms with Crippen LogP contribution in [-0.2, 0) is 18.6 Å². The van der Waals surface area contributed by atoms with Gasteiger partial charge in [0.25, 0.3) is 5.56 Å². The molecule has 0 aliphatic rings. The summed E-state index contributed by atoms with van der Waals surface area (Å²) in [7, 11) is 0. The Kier molecular flexibility index (Phi) is 7.14. The van der Waals surface area contributed by atoms with Gasteiger partial charge in [-0.25, -0.2) is 4.68 Å². The van der Waals surface area contributed by atoms with Crippen molar-refractivity contribution in [2.75, 3.05) is 0 Å². The van der Waals surface area contributed by atoms with Crippen molar-refractivity contribution in [1.29, 1.82) is 0 Å². The maximum Gasteiger partial charge on any atom is 0.252 e. The highest BCUT2D eigenvalue weighted by molar-refractivity contribution is 5.83. The molecular weight excluding hydrogens is 448 g/mol. The molecule has 0 aliphatic carbocycles. The van der Waals surface area contributed by atoms with Crippen molar-refractivity contribution in [3.8, 4) is 0 Å². The fraction of sp³-hybridized carbons (Fsp3) is 0.448. The second-order valence-electron chi connectivity index (χ2n) is 11.4. The Hall–Kier alpha value is -3.32. The lowest BCUT2D eigenvalue weighted by molar-refractivity contribution is 0.119. The molecule has 190 valence electrons. The van der Waals surface area contributed by atoms with Crippen molar-refractivity contribution in [3.63, 3.8) is 0 Å². The fourth-order valence-electron chi connectivity index (χ4n) is 4.97. The Balaban J connectivity index is 1.83. The Morgan fingerprint density at radius 2 is 1.67 bits per heavy atom. The van der Waals surface area contributed by atoms with Crippen LogP contribution in [0.5, 0.6) is 0 Å². The van der Waals surface area contributed by atoms with E-state index in [4.69, 9.17) is 0 Å². The SMILES string of the molecule is Cc1ccc(CN(Cc2cc3c(C)cc(C)cc3[nH]c2=O)[C@@H](c2nnnn2C(C)(C)C)C(C)C)cc1. The number of H-pyrrole nitrogens is 1. The first-order chi connectivity index (χ1) is 16.9. The number of benzene rings is 2. The molecule has 1 N–H and O–H groups in total. The van der Waals surface area contributed by atoms with Crippen molar-refractivity contribution in [2.45, 2.75) is 80.1 Å². The first kappa shape index (κ1) is 25.8. The van der Waals surface area contributed by atoms with E-state index in [1.807, 2.05) is 10.7 Å². The summed E-state index contributed by atoms with van der Waals surface area (Å²) in [5.41, 5.74) is 5.99. The maximum atomic E-state index is 13.3. The summed E-state index contributed by atoms with van der Waals surface area (Å²) in [6.45, 7) is 18.1. The van der Waals surface area contributed by atoms with E-state index in [9.17, 15) is 4.79 Å². The lowest BCUT2D eigenvalue weighted by atomic mass is 9.98. The molecule has 0 saturated carbocycles. The van der Waals surface area contributed by atoms with Crippen molar-refractivity contribution in [2.24, 2.45) is 5.92 Å². The van der Waals surface area contributed by atoms with Crippen LogP contribution in [0.25, 0.3) is 10.9 Å². The van der Waals surface area contributed by atoms with Gasteiger partial charge in [0.15, 0.2) is 5.82 Å². The summed E-state index contributed by atoms with van der Waals surface area (Å²) >= 11 is 0. The van der Waals surface area contributed by atoms with Crippen LogP contribution < -0.4 is 5.56 Å². The first-order valence-corrected chi connectivity index (χ1v) is 12.7. The summed E-state index contributed by atoms with van der Waals surface area (Å²) in [6.07, 6.45) is 0. The van der Waals surface area contributed by atoms with Gasteiger partial charge in [-0.05, 0) is 86.7 Å². The average Bonchev–Trinajstić information content (AvgIpc) is 3.26. The van der Waals surface area contributed by atoms with Gasteiger partial charge in [-0.15, -0.1) is 5.10 Å². The zero-order valence-corrected chi connectivity index (χ0v) is 22.8. The zero-order valence-electron chi connectivity index (χ0n) is 22.8. The van der Waals surface area contributed by atoms with Gasteiger partial charge in [-0.1, -0.05) is 49.7 Å². The van der Waals surface area contributed by atoms with Gasteiger partial charge in [0.1, 0.15) is 0 Å². The highest BCUT2D eigenvalue weighted by Crippen LogP contribution is 2.32. The van der Waals surface area contributed by atoms with Crippen LogP contribution in [0, 0.1) is 26.7 Å². The monoisotopic (exact) mass is 486 g/mol. The Morgan fingerprint density at radius 1 is 0.972 bits per heavy atom. The van der Waals surface area contributed by atoms with Crippen LogP contribution in [0.15, 0.2) is 47.3 Å². The summed E-state index contributed by atoms with van der Waals surface area (Å²) in [6, 6.07) is 14.7. The summed E-state index contributed by atoms with van der Waals surface area (Å²) in [5, 5.41) is 14.0. The molecule has 1 atom stereocenters. The van der Waals surface area contributed by atoms with Gasteiger partial charge in [-0.2, -0.15) is 0 Å². The second kappa shape index (κ2) is 9.97. The van der Waals surface area contributed by atoms with Gasteiger partial charge in [-0.3, -0.25) is 9.69 Å². The molecule has 0 amide bonds. The third-order valence-electron chi connectivity index (χ3n) is 6.69. The van der Waals surface area contributed by atoms with E-state index < -0.39 is 0 Å². The average molecular weight is 487 g/mol. The smallest absolute Gasteiger partial charge is 0.252 e. The molecule has 0 unspecified atom stereocenters. The number of tetrazole rings is 1. The molecule has 4 rings (SSSR count). The van der Waals surface area contributed by atoms with Crippen LogP contribution in [0.1, 0.15) is 74.3 Å². The van der Waals surface area contributed by atoms with Gasteiger partial charge in [0, 0.05) is 29.6 Å². The molecule has 7 heteroatoms. The Bertz CT molecular complexity index is 1410. The first-order valence-electron chi connectivity index (χ1n) is 12.7. The highest BCUT2D eigenvalue weighted by Gasteiger charge is 2.33. The minimum absolute atomic E-state index is 0.0562. The molecule has 4 aromatic rings. The minimum Gasteiger partial charge on any atom is -0.322 e. The molecule has 7 nitrogen and oxygen atoms in total. The molecule has 0 saturated heterocycles. The molecular formula is C29H38N6O. The molecule has 0 bridgehead atoms. The number of hydrogen-bond acceptors (Lipinski definition) is 5. The Labute approximate surface area is 213 Å². The molecule has 0 radical (unpaired) electrons. The number of nitrogens with one attached hydrogen (secondary N) is 1. The lowest BCUT2D eigenvalue weighted by Crippen LogP contribution is -2.37. The number of aryl methyl sites for hydroxylation is 3. The summed E-state index contributed by atoms with van der Waals surface area (Å²) in [5.74, 6) is 1.03. The third kappa shape index (κ3) is 5.41. The number of aromatic nitrogens is 5. The standard InChI is InChI=1S/C29H38N6O/c1-18(2)26(27-31-32-33-35(27)29(6,7)8)34(16-22-11-9-19(3)10-12-22)17-23-15-24-21(5)13-20(4)14-25(24)30-28(23)36/h9-15,18,26H,16-17H2,1-8H3,(H,30,36)/t26-/m1/s1. The lowest BCUT2D eigenvalue weighted by Gasteiger charge is -2.35. The van der Waals surface area contributed by atoms with E-state index in [-0.39, 0.29) is 23.1 Å². The normalized spacial score (nSPS) is 13.2. The molecule has 0 spiro atoms. The quantitative estimate of drug-likeness (QED) is 0.368. The summed E-state index contributed by atoms with van der Waals surface area (Å²) in [4.78, 5) is 18.7. The zero-order chi connectivity index (χ0) is 26.2. The van der Waals surface area contributed by atoms with Crippen molar-refractivity contribution in [1.82, 2.24) is 30.1 Å². The molecule has 2 heterocycles. The van der Waals surface area contributed by atoms with E-state index in [1.165, 1.54) is 11.1 Å². The van der Waals surface area contributed by atoms with Crippen LogP contribution in [-0.4, -0.2) is 30.1 Å². The van der Waals surface area contributed by atoms with E-state index in [2.05, 4.69) is 117 Å². The van der Waals surface area contributed by atoms with E-state index in [0.717, 1.165) is 33.4 Å². The molecule has 2 aromatic heterocycles. The van der Waals surface area contributed by atoms with E-state index in [1.54, 1.807) is 0 Å². The van der Waals surface area contributed by atoms with Crippen LogP contribution in [0.4, 0.5) is 0 Å². The minimum atomic E-state index is -0.267. The highest BCUT2D eigenvalue weighted by atomic mass is 16.1. The maximum absolute atomic E-state index is 13.3. The predicted octanol–water partition coefficient (Wildman–Crippen LogP) is 5.59. The Morgan fingerprint density at radius 3 is 2.31 bits per heavy atom. The molecule has 0 aliphatic heterocycles. The van der Waals surface area contributed by atoms with Gasteiger partial charge < -0.3 is 4.98 Å². The topological polar surface area (TPSA) is 79.7 Å². The summed E-state index contributed by atoms with van der Waals surface area (Å²) < 4.78 is 1.91. The van der Waals surface area contributed by atoms with Crippen LogP contribution in [0.3, 0.4) is 0 Å². The van der Waals surface area contributed by atoms with Gasteiger partial charge >= 0.3 is 0 Å². The number of hydrogen-bond donors (Lipinski definition) is 1. The van der Waals surface area contributed by atoms with Crippen molar-refractivity contribution < 1.29 is 0 Å². The largest absolute Gasteiger partial charge is 0.322 e.